The number of aryl methyl sites for hydroxylation is 1. The van der Waals surface area contributed by atoms with Crippen molar-refractivity contribution in [2.24, 2.45) is 0 Å². The minimum Gasteiger partial charge on any atom is -0.399 e. The van der Waals surface area contributed by atoms with Crippen LogP contribution in [0.3, 0.4) is 0 Å². The van der Waals surface area contributed by atoms with Crippen molar-refractivity contribution in [2.45, 2.75) is 43.1 Å². The summed E-state index contributed by atoms with van der Waals surface area (Å²) >= 11 is 0. The van der Waals surface area contributed by atoms with E-state index in [1.807, 2.05) is 0 Å². The number of nitrogens with one attached hydrogen (secondary N) is 1. The Kier molecular flexibility index (Phi) is 3.85. The number of nitrogens with two attached hydrogens (primary N) is 1. The summed E-state index contributed by atoms with van der Waals surface area (Å²) in [6.07, 6.45) is 3.17. The number of aliphatic hydroxyl groups is 1. The molecular formula is C13H20N2O3S. The van der Waals surface area contributed by atoms with Crippen LogP contribution >= 0.6 is 0 Å². The van der Waals surface area contributed by atoms with Crippen molar-refractivity contribution in [2.75, 3.05) is 12.3 Å². The lowest BCUT2D eigenvalue weighted by atomic mass is 10.0. The lowest BCUT2D eigenvalue weighted by Gasteiger charge is -2.22. The first kappa shape index (κ1) is 14.3. The predicted octanol–water partition coefficient (Wildman–Crippen LogP) is 1.16. The van der Waals surface area contributed by atoms with Crippen LogP contribution in [0.2, 0.25) is 0 Å². The van der Waals surface area contributed by atoms with Crippen molar-refractivity contribution >= 4 is 15.7 Å². The van der Waals surface area contributed by atoms with Gasteiger partial charge in [0.1, 0.15) is 0 Å². The van der Waals surface area contributed by atoms with Gasteiger partial charge in [0.15, 0.2) is 0 Å². The van der Waals surface area contributed by atoms with Gasteiger partial charge in [0.2, 0.25) is 10.0 Å². The fourth-order valence-corrected chi connectivity index (χ4v) is 3.71. The molecule has 5 nitrogen and oxygen atoms in total. The third kappa shape index (κ3) is 3.46. The third-order valence-electron chi connectivity index (χ3n) is 3.51. The molecule has 0 aromatic heterocycles. The van der Waals surface area contributed by atoms with E-state index in [9.17, 15) is 13.5 Å². The van der Waals surface area contributed by atoms with E-state index in [4.69, 9.17) is 5.73 Å². The zero-order chi connectivity index (χ0) is 14.1. The van der Waals surface area contributed by atoms with Crippen LogP contribution < -0.4 is 10.5 Å². The molecule has 0 radical (unpaired) electrons. The van der Waals surface area contributed by atoms with Crippen LogP contribution in [-0.4, -0.2) is 25.7 Å². The fraction of sp³-hybridized carbons (Fsp3) is 0.538. The second kappa shape index (κ2) is 5.11. The maximum atomic E-state index is 12.2. The van der Waals surface area contributed by atoms with Gasteiger partial charge in [0.25, 0.3) is 0 Å². The lowest BCUT2D eigenvalue weighted by Crippen LogP contribution is -2.40. The molecule has 4 N–H and O–H groups in total. The van der Waals surface area contributed by atoms with E-state index >= 15 is 0 Å². The van der Waals surface area contributed by atoms with Gasteiger partial charge < -0.3 is 10.8 Å². The molecule has 2 rings (SSSR count). The van der Waals surface area contributed by atoms with Gasteiger partial charge in [-0.1, -0.05) is 12.8 Å². The van der Waals surface area contributed by atoms with Crippen molar-refractivity contribution in [3.05, 3.63) is 23.8 Å². The summed E-state index contributed by atoms with van der Waals surface area (Å²) in [6, 6.07) is 4.70. The summed E-state index contributed by atoms with van der Waals surface area (Å²) in [5.41, 5.74) is 5.97. The largest absolute Gasteiger partial charge is 0.399 e. The van der Waals surface area contributed by atoms with Gasteiger partial charge in [0.05, 0.1) is 10.5 Å². The average molecular weight is 284 g/mol. The number of nitrogen functional groups attached to an aromatic ring is 1. The molecule has 0 heterocycles. The lowest BCUT2D eigenvalue weighted by molar-refractivity contribution is 0.0532. The van der Waals surface area contributed by atoms with Crippen molar-refractivity contribution in [1.82, 2.24) is 4.72 Å². The molecule has 1 aromatic carbocycles. The Morgan fingerprint density at radius 3 is 2.53 bits per heavy atom. The van der Waals surface area contributed by atoms with Crippen LogP contribution in [0.25, 0.3) is 0 Å². The summed E-state index contributed by atoms with van der Waals surface area (Å²) in [6.45, 7) is 1.85. The average Bonchev–Trinajstić information content (AvgIpc) is 2.73. The van der Waals surface area contributed by atoms with Crippen LogP contribution in [0.1, 0.15) is 31.2 Å². The van der Waals surface area contributed by atoms with Crippen molar-refractivity contribution in [3.63, 3.8) is 0 Å². The van der Waals surface area contributed by atoms with Gasteiger partial charge in [-0.05, 0) is 43.5 Å². The van der Waals surface area contributed by atoms with Crippen LogP contribution in [0.4, 0.5) is 5.69 Å². The van der Waals surface area contributed by atoms with Crippen molar-refractivity contribution in [3.8, 4) is 0 Å². The van der Waals surface area contributed by atoms with Gasteiger partial charge >= 0.3 is 0 Å². The Morgan fingerprint density at radius 2 is 1.95 bits per heavy atom. The Balaban J connectivity index is 2.13. The molecule has 1 aliphatic carbocycles. The van der Waals surface area contributed by atoms with Crippen molar-refractivity contribution < 1.29 is 13.5 Å². The summed E-state index contributed by atoms with van der Waals surface area (Å²) in [5, 5.41) is 10.2. The van der Waals surface area contributed by atoms with E-state index in [0.717, 1.165) is 18.4 Å². The summed E-state index contributed by atoms with van der Waals surface area (Å²) < 4.78 is 26.8. The van der Waals surface area contributed by atoms with Crippen LogP contribution in [0, 0.1) is 6.92 Å². The maximum Gasteiger partial charge on any atom is 0.240 e. The first-order valence-corrected chi connectivity index (χ1v) is 7.88. The highest BCUT2D eigenvalue weighted by Gasteiger charge is 2.32. The number of anilines is 1. The molecular weight excluding hydrogens is 264 g/mol. The third-order valence-corrected chi connectivity index (χ3v) is 4.89. The molecule has 19 heavy (non-hydrogen) atoms. The number of benzene rings is 1. The molecule has 1 aromatic rings. The number of hydrogen-bond acceptors (Lipinski definition) is 4. The maximum absolute atomic E-state index is 12.2. The molecule has 0 aliphatic heterocycles. The number of hydrogen-bond donors (Lipinski definition) is 3. The molecule has 106 valence electrons. The zero-order valence-electron chi connectivity index (χ0n) is 11.0. The van der Waals surface area contributed by atoms with Crippen LogP contribution in [0.5, 0.6) is 0 Å². The molecule has 6 heteroatoms. The standard InChI is InChI=1S/C13H20N2O3S/c1-10-6-11(14)8-12(7-10)19(17,18)15-9-13(16)4-2-3-5-13/h6-8,15-16H,2-5,9,14H2,1H3. The van der Waals surface area contributed by atoms with Gasteiger partial charge in [-0.3, -0.25) is 0 Å². The number of rotatable bonds is 4. The minimum absolute atomic E-state index is 0.0587. The smallest absolute Gasteiger partial charge is 0.240 e. The Labute approximate surface area is 113 Å². The molecule has 1 aliphatic rings. The summed E-state index contributed by atoms with van der Waals surface area (Å²) in [4.78, 5) is 0.145. The van der Waals surface area contributed by atoms with Crippen LogP contribution in [0.15, 0.2) is 23.1 Å². The van der Waals surface area contributed by atoms with Crippen LogP contribution in [-0.2, 0) is 10.0 Å². The second-order valence-corrected chi connectivity index (χ2v) is 7.10. The minimum atomic E-state index is -3.62. The van der Waals surface area contributed by atoms with E-state index in [2.05, 4.69) is 4.72 Å². The van der Waals surface area contributed by atoms with E-state index in [1.54, 1.807) is 19.1 Å². The molecule has 0 bridgehead atoms. The first-order valence-electron chi connectivity index (χ1n) is 6.40. The first-order chi connectivity index (χ1) is 8.81. The second-order valence-electron chi connectivity index (χ2n) is 5.34. The molecule has 0 saturated heterocycles. The van der Waals surface area contributed by atoms with Gasteiger partial charge in [-0.15, -0.1) is 0 Å². The van der Waals surface area contributed by atoms with E-state index in [1.165, 1.54) is 6.07 Å². The summed E-state index contributed by atoms with van der Waals surface area (Å²) in [5.74, 6) is 0. The van der Waals surface area contributed by atoms with E-state index in [-0.39, 0.29) is 11.4 Å². The predicted molar refractivity (Wildman–Crippen MR) is 74.2 cm³/mol. The van der Waals surface area contributed by atoms with Crippen molar-refractivity contribution in [1.29, 1.82) is 0 Å². The Bertz CT molecular complexity index is 543. The quantitative estimate of drug-likeness (QED) is 0.723. The normalized spacial score (nSPS) is 18.6. The highest BCUT2D eigenvalue weighted by molar-refractivity contribution is 7.89. The Morgan fingerprint density at radius 1 is 1.32 bits per heavy atom. The molecule has 0 spiro atoms. The van der Waals surface area contributed by atoms with Gasteiger partial charge in [-0.2, -0.15) is 0 Å². The summed E-state index contributed by atoms with van der Waals surface area (Å²) in [7, 11) is -3.62. The topological polar surface area (TPSA) is 92.4 Å². The monoisotopic (exact) mass is 284 g/mol. The molecule has 0 unspecified atom stereocenters. The molecule has 1 saturated carbocycles. The molecule has 1 fully saturated rings. The molecule has 0 amide bonds. The highest BCUT2D eigenvalue weighted by Crippen LogP contribution is 2.29. The zero-order valence-corrected chi connectivity index (χ0v) is 11.8. The fourth-order valence-electron chi connectivity index (χ4n) is 2.45. The van der Waals surface area contributed by atoms with Gasteiger partial charge in [0, 0.05) is 12.2 Å². The number of sulfonamides is 1. The Hall–Kier alpha value is -1.11. The van der Waals surface area contributed by atoms with Gasteiger partial charge in [-0.25, -0.2) is 13.1 Å². The highest BCUT2D eigenvalue weighted by atomic mass is 32.2. The molecule has 0 atom stereocenters. The van der Waals surface area contributed by atoms with E-state index < -0.39 is 15.6 Å². The SMILES string of the molecule is Cc1cc(N)cc(S(=O)(=O)NCC2(O)CCCC2)c1. The van der Waals surface area contributed by atoms with E-state index in [0.29, 0.717) is 18.5 Å².